The lowest BCUT2D eigenvalue weighted by atomic mass is 10.0. The Balaban J connectivity index is 1.43. The van der Waals surface area contributed by atoms with Crippen molar-refractivity contribution in [2.24, 2.45) is 0 Å². The number of aliphatic hydroxyl groups is 1. The van der Waals surface area contributed by atoms with Gasteiger partial charge in [0.2, 0.25) is 0 Å². The van der Waals surface area contributed by atoms with E-state index in [-0.39, 0.29) is 17.9 Å². The van der Waals surface area contributed by atoms with Crippen molar-refractivity contribution >= 4 is 34.8 Å². The number of β-amino-alcohol motifs (C(OH)–C–C–N with tert-alkyl or cyclic N) is 1. The van der Waals surface area contributed by atoms with E-state index in [1.54, 1.807) is 23.0 Å². The van der Waals surface area contributed by atoms with Gasteiger partial charge in [0, 0.05) is 17.8 Å². The van der Waals surface area contributed by atoms with Gasteiger partial charge < -0.3 is 20.2 Å². The molecule has 0 aliphatic carbocycles. The third-order valence-corrected chi connectivity index (χ3v) is 5.78. The van der Waals surface area contributed by atoms with Gasteiger partial charge in [-0.3, -0.25) is 0 Å². The molecule has 2 aromatic heterocycles. The van der Waals surface area contributed by atoms with E-state index in [4.69, 9.17) is 16.6 Å². The number of anilines is 2. The first kappa shape index (κ1) is 19.1. The molecule has 5 rings (SSSR count). The lowest BCUT2D eigenvalue weighted by Gasteiger charge is -2.35. The minimum Gasteiger partial charge on any atom is -0.389 e. The van der Waals surface area contributed by atoms with Crippen LogP contribution in [0.2, 0.25) is 5.02 Å². The number of halogens is 2. The van der Waals surface area contributed by atoms with Gasteiger partial charge in [-0.2, -0.15) is 5.10 Å². The largest absolute Gasteiger partial charge is 0.389 e. The van der Waals surface area contributed by atoms with Gasteiger partial charge in [-0.25, -0.2) is 18.7 Å². The Morgan fingerprint density at radius 2 is 2.13 bits per heavy atom. The molecule has 0 bridgehead atoms. The van der Waals surface area contributed by atoms with Crippen LogP contribution in [-0.2, 0) is 0 Å². The summed E-state index contributed by atoms with van der Waals surface area (Å²) in [5, 5.41) is 16.8. The molecule has 2 saturated heterocycles. The number of nitrogens with zero attached hydrogens (tertiary/aromatic N) is 5. The van der Waals surface area contributed by atoms with Crippen molar-refractivity contribution in [3.05, 3.63) is 53.1 Å². The third kappa shape index (κ3) is 3.44. The van der Waals surface area contributed by atoms with Crippen LogP contribution in [0.25, 0.3) is 5.65 Å². The second-order valence-corrected chi connectivity index (χ2v) is 8.09. The smallest absolute Gasteiger partial charge is 0.322 e. The van der Waals surface area contributed by atoms with Crippen molar-refractivity contribution in [3.8, 4) is 0 Å². The molecule has 1 atom stereocenters. The highest BCUT2D eigenvalue weighted by molar-refractivity contribution is 6.30. The molecule has 156 valence electrons. The molecule has 2 aliphatic rings. The summed E-state index contributed by atoms with van der Waals surface area (Å²) >= 11 is 6.06. The Kier molecular flexibility index (Phi) is 4.71. The van der Waals surface area contributed by atoms with Gasteiger partial charge in [0.25, 0.3) is 0 Å². The van der Waals surface area contributed by atoms with Gasteiger partial charge in [0.15, 0.2) is 5.65 Å². The highest BCUT2D eigenvalue weighted by atomic mass is 35.5. The topological polar surface area (TPSA) is 86.0 Å². The number of urea groups is 1. The first-order valence-electron chi connectivity index (χ1n) is 9.79. The summed E-state index contributed by atoms with van der Waals surface area (Å²) in [5.74, 6) is 0.366. The first-order valence-corrected chi connectivity index (χ1v) is 10.2. The van der Waals surface area contributed by atoms with E-state index in [0.29, 0.717) is 29.4 Å². The fourth-order valence-electron chi connectivity index (χ4n) is 4.08. The lowest BCUT2D eigenvalue weighted by Crippen LogP contribution is -2.54. The molecular formula is C20H20ClFN6O2. The van der Waals surface area contributed by atoms with Gasteiger partial charge in [-0.1, -0.05) is 11.6 Å². The molecule has 10 heteroatoms. The summed E-state index contributed by atoms with van der Waals surface area (Å²) in [6.45, 7) is 1.41. The SMILES string of the molecule is O=C(Nc1cnn2ccc(N3CCCC3c3cc(F)cc(Cl)c3)nc12)N1CC(O)C1. The van der Waals surface area contributed by atoms with E-state index >= 15 is 0 Å². The summed E-state index contributed by atoms with van der Waals surface area (Å²) in [7, 11) is 0. The number of aromatic nitrogens is 3. The molecular weight excluding hydrogens is 411 g/mol. The molecule has 1 aromatic carbocycles. The Bertz CT molecular complexity index is 1100. The fourth-order valence-corrected chi connectivity index (χ4v) is 4.31. The number of nitrogens with one attached hydrogen (secondary N) is 1. The van der Waals surface area contributed by atoms with Crippen molar-refractivity contribution in [1.82, 2.24) is 19.5 Å². The summed E-state index contributed by atoms with van der Waals surface area (Å²) in [5.41, 5.74) is 1.83. The fraction of sp³-hybridized carbons (Fsp3) is 0.350. The van der Waals surface area contributed by atoms with Gasteiger partial charge in [0.05, 0.1) is 31.4 Å². The maximum atomic E-state index is 13.9. The zero-order valence-corrected chi connectivity index (χ0v) is 16.8. The molecule has 0 saturated carbocycles. The van der Waals surface area contributed by atoms with Crippen LogP contribution < -0.4 is 10.2 Å². The molecule has 3 aromatic rings. The number of carbonyl (C=O) groups is 1. The molecule has 1 unspecified atom stereocenters. The van der Waals surface area contributed by atoms with Crippen LogP contribution in [0, 0.1) is 5.82 Å². The normalized spacial score (nSPS) is 19.4. The van der Waals surface area contributed by atoms with Crippen LogP contribution in [0.5, 0.6) is 0 Å². The predicted molar refractivity (Wildman–Crippen MR) is 110 cm³/mol. The summed E-state index contributed by atoms with van der Waals surface area (Å²) in [6.07, 6.45) is 4.69. The highest BCUT2D eigenvalue weighted by Crippen LogP contribution is 2.37. The van der Waals surface area contributed by atoms with E-state index in [2.05, 4.69) is 15.3 Å². The Hall–Kier alpha value is -2.91. The Labute approximate surface area is 176 Å². The van der Waals surface area contributed by atoms with Crippen LogP contribution in [-0.4, -0.2) is 56.4 Å². The number of aliphatic hydroxyl groups excluding tert-OH is 1. The van der Waals surface area contributed by atoms with Crippen molar-refractivity contribution < 1.29 is 14.3 Å². The molecule has 0 spiro atoms. The number of hydrogen-bond acceptors (Lipinski definition) is 5. The highest BCUT2D eigenvalue weighted by Gasteiger charge is 2.30. The second-order valence-electron chi connectivity index (χ2n) is 7.66. The van der Waals surface area contributed by atoms with Crippen LogP contribution in [0.4, 0.5) is 20.7 Å². The maximum Gasteiger partial charge on any atom is 0.322 e. The van der Waals surface area contributed by atoms with Crippen molar-refractivity contribution in [1.29, 1.82) is 0 Å². The van der Waals surface area contributed by atoms with E-state index in [0.717, 1.165) is 30.8 Å². The number of carbonyl (C=O) groups excluding carboxylic acids is 1. The molecule has 8 nitrogen and oxygen atoms in total. The standard InChI is InChI=1S/C20H20ClFN6O2/c21-13-6-12(7-14(22)8-13)17-2-1-4-27(17)18-3-5-28-19(25-18)16(9-23-28)24-20(30)26-10-15(29)11-26/h3,5-9,15,17,29H,1-2,4,10-11H2,(H,24,30). The minimum atomic E-state index is -0.465. The van der Waals surface area contributed by atoms with Gasteiger partial charge in [0.1, 0.15) is 17.3 Å². The maximum absolute atomic E-state index is 13.9. The van der Waals surface area contributed by atoms with Crippen LogP contribution in [0.15, 0.2) is 36.7 Å². The second kappa shape index (κ2) is 7.41. The number of amides is 2. The van der Waals surface area contributed by atoms with E-state index < -0.39 is 6.10 Å². The lowest BCUT2D eigenvalue weighted by molar-refractivity contribution is 0.0309. The summed E-state index contributed by atoms with van der Waals surface area (Å²) in [4.78, 5) is 20.7. The molecule has 2 aliphatic heterocycles. The number of fused-ring (bicyclic) bond motifs is 1. The molecule has 2 amide bonds. The summed E-state index contributed by atoms with van der Waals surface area (Å²) in [6, 6.07) is 6.13. The third-order valence-electron chi connectivity index (χ3n) is 5.56. The minimum absolute atomic E-state index is 0.0308. The number of benzene rings is 1. The average molecular weight is 431 g/mol. The van der Waals surface area contributed by atoms with E-state index in [1.165, 1.54) is 17.0 Å². The number of likely N-dealkylation sites (tertiary alicyclic amines) is 1. The van der Waals surface area contributed by atoms with E-state index in [1.807, 2.05) is 6.07 Å². The first-order chi connectivity index (χ1) is 14.5. The Morgan fingerprint density at radius 3 is 2.90 bits per heavy atom. The van der Waals surface area contributed by atoms with Crippen molar-refractivity contribution in [2.45, 2.75) is 25.0 Å². The van der Waals surface area contributed by atoms with Crippen LogP contribution >= 0.6 is 11.6 Å². The number of hydrogen-bond donors (Lipinski definition) is 2. The predicted octanol–water partition coefficient (Wildman–Crippen LogP) is 3.07. The zero-order valence-electron chi connectivity index (χ0n) is 16.0. The molecule has 30 heavy (non-hydrogen) atoms. The molecule has 2 N–H and O–H groups in total. The quantitative estimate of drug-likeness (QED) is 0.667. The molecule has 0 radical (unpaired) electrons. The van der Waals surface area contributed by atoms with Crippen molar-refractivity contribution in [3.63, 3.8) is 0 Å². The average Bonchev–Trinajstić information content (AvgIpc) is 3.32. The van der Waals surface area contributed by atoms with Crippen LogP contribution in [0.1, 0.15) is 24.4 Å². The van der Waals surface area contributed by atoms with Gasteiger partial charge >= 0.3 is 6.03 Å². The monoisotopic (exact) mass is 430 g/mol. The van der Waals surface area contributed by atoms with Gasteiger partial charge in [-0.05, 0) is 42.7 Å². The molecule has 2 fully saturated rings. The Morgan fingerprint density at radius 1 is 1.30 bits per heavy atom. The van der Waals surface area contributed by atoms with Crippen molar-refractivity contribution in [2.75, 3.05) is 29.9 Å². The van der Waals surface area contributed by atoms with Gasteiger partial charge in [-0.15, -0.1) is 0 Å². The molecule has 4 heterocycles. The van der Waals surface area contributed by atoms with E-state index in [9.17, 15) is 14.3 Å². The number of rotatable bonds is 3. The van der Waals surface area contributed by atoms with Crippen LogP contribution in [0.3, 0.4) is 0 Å². The zero-order chi connectivity index (χ0) is 20.8. The summed E-state index contributed by atoms with van der Waals surface area (Å²) < 4.78 is 15.5.